The molecule has 0 aliphatic heterocycles. The molecule has 0 radical (unpaired) electrons. The van der Waals surface area contributed by atoms with E-state index in [1.165, 1.54) is 148 Å². The quantitative estimate of drug-likeness (QED) is 0.0952. The predicted octanol–water partition coefficient (Wildman–Crippen LogP) is 42.1. The molecule has 29 rings (SSSR count). The van der Waals surface area contributed by atoms with E-state index in [9.17, 15) is 0 Å². The van der Waals surface area contributed by atoms with Gasteiger partial charge in [-0.2, -0.15) is 0 Å². The van der Waals surface area contributed by atoms with Gasteiger partial charge >= 0.3 is 0 Å². The van der Waals surface area contributed by atoms with Crippen molar-refractivity contribution in [2.45, 2.75) is 26.2 Å². The summed E-state index contributed by atoms with van der Waals surface area (Å²) in [6.45, 7) is 4.60. The highest BCUT2D eigenvalue weighted by atomic mass is 14.3. The lowest BCUT2D eigenvalue weighted by atomic mass is 9.83. The third kappa shape index (κ3) is 16.1. The van der Waals surface area contributed by atoms with Crippen LogP contribution in [-0.2, 0) is 6.42 Å². The molecule has 1 atom stereocenters. The average molecular weight is 1910 g/mol. The van der Waals surface area contributed by atoms with E-state index in [1.807, 2.05) is 72.8 Å². The van der Waals surface area contributed by atoms with Crippen molar-refractivity contribution in [2.75, 3.05) is 0 Å². The van der Waals surface area contributed by atoms with E-state index in [-0.39, 0.29) is 59.5 Å². The molecule has 0 heteroatoms. The van der Waals surface area contributed by atoms with E-state index in [1.54, 1.807) is 0 Å². The molecule has 150 heavy (non-hydrogen) atoms. The topological polar surface area (TPSA) is 0 Å². The van der Waals surface area contributed by atoms with Crippen molar-refractivity contribution in [3.8, 4) is 156 Å². The fourth-order valence-electron chi connectivity index (χ4n) is 23.9. The lowest BCUT2D eigenvalue weighted by Crippen LogP contribution is -1.94. The minimum atomic E-state index is -0.396. The highest BCUT2D eigenvalue weighted by Crippen LogP contribution is 2.54. The van der Waals surface area contributed by atoms with Crippen molar-refractivity contribution in [1.82, 2.24) is 0 Å². The molecule has 0 N–H and O–H groups in total. The third-order valence-electron chi connectivity index (χ3n) is 31.0. The first-order valence-electron chi connectivity index (χ1n) is 56.7. The zero-order chi connectivity index (χ0) is 108. The monoisotopic (exact) mass is 1910 g/mol. The zero-order valence-corrected chi connectivity index (χ0v) is 82.7. The Balaban J connectivity index is 0.000000116. The number of fused-ring (bicyclic) bond motifs is 14. The molecule has 0 aromatic heterocycles. The van der Waals surface area contributed by atoms with Crippen LogP contribution in [-0.4, -0.2) is 0 Å². The van der Waals surface area contributed by atoms with Crippen molar-refractivity contribution in [3.63, 3.8) is 0 Å². The lowest BCUT2D eigenvalue weighted by Gasteiger charge is -2.20. The second-order valence-electron chi connectivity index (χ2n) is 39.3. The molecule has 702 valence electrons. The Hall–Kier alpha value is -19.0. The van der Waals surface area contributed by atoms with Gasteiger partial charge in [0.05, 0.1) is 13.7 Å². The summed E-state index contributed by atoms with van der Waals surface area (Å²) in [7, 11) is 0. The van der Waals surface area contributed by atoms with Crippen LogP contribution in [0.3, 0.4) is 0 Å². The maximum Gasteiger partial charge on any atom is 0.0629 e. The Kier molecular flexibility index (Phi) is 20.4. The van der Waals surface area contributed by atoms with Crippen LogP contribution in [0.1, 0.15) is 50.2 Å². The van der Waals surface area contributed by atoms with Gasteiger partial charge in [-0.3, -0.25) is 0 Å². The third-order valence-corrected chi connectivity index (χ3v) is 31.0. The standard InChI is InChI=1S/C58H42.2C46H30/c1-3-38-33-44(30-31-47(38)41-15-5-4-6-16-41)57-51-21-11-13-23-53(51)58(54-24-14-12-22-52(54)57)56-36-45(34-43-17-7-8-19-48(43)56)40-27-25-39(26-28-40)42-29-32-50-49-20-10-9-18-46(49)37(2)55(50)35-42;1-2-14-34(15-3-1)45-40-20-8-10-22-42(40)46(43-23-11-9-21-41(43)45)44-30-36(29-35-16-5-7-19-39(35)44)31-25-27-33(28-26-31)38-24-12-17-32-13-4-6-18-37(32)38;1-2-13-34(14-3-1)45-40-18-8-10-20-42(40)46(43-21-11-9-19-41(43)45)44-30-38(29-37-16-6-7-17-39(37)44)33-24-22-32(23-25-33)36-27-26-31-12-4-5-15-35(31)28-36/h4-37H,3H2,1-2H3;2*1-30H/i;1D,2D,3D,14D,15D;1D,2D,3D,13D,14D. The van der Waals surface area contributed by atoms with Crippen molar-refractivity contribution in [1.29, 1.82) is 0 Å². The van der Waals surface area contributed by atoms with Crippen LogP contribution in [0.2, 0.25) is 0 Å². The van der Waals surface area contributed by atoms with E-state index in [4.69, 9.17) is 13.7 Å². The van der Waals surface area contributed by atoms with Gasteiger partial charge in [0.15, 0.2) is 0 Å². The molecule has 0 saturated heterocycles. The van der Waals surface area contributed by atoms with Crippen LogP contribution in [0.5, 0.6) is 0 Å². The zero-order valence-electron chi connectivity index (χ0n) is 92.7. The van der Waals surface area contributed by atoms with Crippen LogP contribution < -0.4 is 0 Å². The van der Waals surface area contributed by atoms with Crippen molar-refractivity contribution in [3.05, 3.63) is 581 Å². The molecule has 1 aliphatic carbocycles. The Morgan fingerprint density at radius 2 is 0.427 bits per heavy atom. The van der Waals surface area contributed by atoms with Gasteiger partial charge in [0.2, 0.25) is 0 Å². The SMILES string of the molecule is CCc1cc(-c2c3ccccc3c(-c3cc(-c4ccc(-c5ccc6c(c5)C(C)c5ccccc5-6)cc4)cc4ccccc34)c3ccccc23)ccc1-c1ccccc1.[2H]c1c([2H])c([2H])c(-c2c3ccccc3c(-c3cc(-c4ccc(-c5ccc6ccccc6c5)cc4)cc4ccccc34)c3ccccc23)c([2H])c1[2H].[2H]c1c([2H])c([2H])c(-c2c3ccccc3c(-c3cc(-c4ccc(-c5cccc6ccccc56)cc4)cc4ccccc34)c3ccccc23)c([2H])c1[2H]. The fourth-order valence-corrected chi connectivity index (χ4v) is 23.9. The van der Waals surface area contributed by atoms with Gasteiger partial charge in [0.25, 0.3) is 0 Å². The number of benzene rings is 28. The summed E-state index contributed by atoms with van der Waals surface area (Å²) in [5, 5.41) is 24.1. The number of hydrogen-bond acceptors (Lipinski definition) is 0. The number of hydrogen-bond donors (Lipinski definition) is 0. The van der Waals surface area contributed by atoms with Crippen LogP contribution in [0.4, 0.5) is 0 Å². The van der Waals surface area contributed by atoms with Gasteiger partial charge < -0.3 is 0 Å². The van der Waals surface area contributed by atoms with E-state index in [0.717, 1.165) is 127 Å². The van der Waals surface area contributed by atoms with Crippen molar-refractivity contribution >= 4 is 118 Å². The molecule has 0 spiro atoms. The van der Waals surface area contributed by atoms with Crippen LogP contribution in [0.15, 0.2) is 564 Å². The Morgan fingerprint density at radius 3 is 0.847 bits per heavy atom. The Bertz CT molecular complexity index is 10600. The predicted molar refractivity (Wildman–Crippen MR) is 645 cm³/mol. The first-order valence-corrected chi connectivity index (χ1v) is 51.7. The fraction of sp³-hybridized carbons (Fsp3) is 0.0267. The van der Waals surface area contributed by atoms with E-state index >= 15 is 0 Å². The van der Waals surface area contributed by atoms with Gasteiger partial charge in [-0.05, 0) is 346 Å². The molecule has 0 bridgehead atoms. The summed E-state index contributed by atoms with van der Waals surface area (Å²) in [6, 6.07) is 177. The number of aryl methyl sites for hydroxylation is 1. The summed E-state index contributed by atoms with van der Waals surface area (Å²) in [6.07, 6.45) is 0.965. The molecule has 0 fully saturated rings. The maximum absolute atomic E-state index is 8.91. The largest absolute Gasteiger partial charge is 0.0629 e. The minimum absolute atomic E-state index is 0.205. The summed E-state index contributed by atoms with van der Waals surface area (Å²) in [4.78, 5) is 0. The molecule has 28 aromatic carbocycles. The minimum Gasteiger partial charge on any atom is -0.0622 e. The van der Waals surface area contributed by atoms with E-state index in [0.29, 0.717) is 17.0 Å². The molecule has 1 aliphatic rings. The molecule has 0 nitrogen and oxygen atoms in total. The first-order chi connectivity index (χ1) is 78.4. The van der Waals surface area contributed by atoms with E-state index in [2.05, 4.69) is 445 Å². The highest BCUT2D eigenvalue weighted by molar-refractivity contribution is 6.28. The molecule has 0 heterocycles. The van der Waals surface area contributed by atoms with Crippen molar-refractivity contribution < 1.29 is 13.7 Å². The second-order valence-corrected chi connectivity index (χ2v) is 39.3. The van der Waals surface area contributed by atoms with Crippen LogP contribution in [0.25, 0.3) is 274 Å². The van der Waals surface area contributed by atoms with Crippen molar-refractivity contribution in [2.24, 2.45) is 0 Å². The highest BCUT2D eigenvalue weighted by Gasteiger charge is 2.29. The molecular formula is C150H102. The van der Waals surface area contributed by atoms with Crippen LogP contribution in [0, 0.1) is 0 Å². The summed E-state index contributed by atoms with van der Waals surface area (Å²) >= 11 is 0. The van der Waals surface area contributed by atoms with Crippen LogP contribution >= 0.6 is 0 Å². The van der Waals surface area contributed by atoms with Gasteiger partial charge in [-0.1, -0.05) is 529 Å². The Morgan fingerprint density at radius 1 is 0.153 bits per heavy atom. The lowest BCUT2D eigenvalue weighted by molar-refractivity contribution is 0.957. The summed E-state index contributed by atoms with van der Waals surface area (Å²) in [5.41, 5.74) is 34.6. The van der Waals surface area contributed by atoms with Gasteiger partial charge in [-0.15, -0.1) is 0 Å². The van der Waals surface area contributed by atoms with Gasteiger partial charge in [0.1, 0.15) is 0 Å². The van der Waals surface area contributed by atoms with Gasteiger partial charge in [-0.25, -0.2) is 0 Å². The first kappa shape index (κ1) is 79.4. The average Bonchev–Trinajstić information content (AvgIpc) is 0.887. The number of rotatable bonds is 14. The van der Waals surface area contributed by atoms with E-state index < -0.39 is 12.1 Å². The summed E-state index contributed by atoms with van der Waals surface area (Å²) < 4.78 is 85.9. The molecule has 28 aromatic rings. The normalized spacial score (nSPS) is 13.1. The smallest absolute Gasteiger partial charge is 0.0622 e. The van der Waals surface area contributed by atoms with Gasteiger partial charge in [0, 0.05) is 5.92 Å². The maximum atomic E-state index is 8.91. The molecule has 0 saturated carbocycles. The molecule has 0 amide bonds. The molecule has 1 unspecified atom stereocenters. The Labute approximate surface area is 888 Å². The summed E-state index contributed by atoms with van der Waals surface area (Å²) in [5.74, 6) is 0.400. The molecular weight excluding hydrogens is 1800 g/mol. The second kappa shape index (κ2) is 38.5.